The molecule has 1 fully saturated rings. The van der Waals surface area contributed by atoms with Crippen LogP contribution in [0.25, 0.3) is 0 Å². The molecule has 1 rings (SSSR count). The second-order valence-electron chi connectivity index (χ2n) is 5.64. The van der Waals surface area contributed by atoms with Crippen molar-refractivity contribution < 1.29 is 9.59 Å². The van der Waals surface area contributed by atoms with E-state index >= 15 is 0 Å². The maximum absolute atomic E-state index is 11.7. The summed E-state index contributed by atoms with van der Waals surface area (Å²) in [6, 6.07) is 0. The third kappa shape index (κ3) is 6.57. The quantitative estimate of drug-likeness (QED) is 0.640. The van der Waals surface area contributed by atoms with E-state index in [9.17, 15) is 9.59 Å². The van der Waals surface area contributed by atoms with Crippen molar-refractivity contribution in [2.75, 3.05) is 26.2 Å². The molecule has 0 atom stereocenters. The van der Waals surface area contributed by atoms with Gasteiger partial charge < -0.3 is 16.0 Å². The van der Waals surface area contributed by atoms with Gasteiger partial charge >= 0.3 is 0 Å². The molecule has 0 aromatic carbocycles. The van der Waals surface area contributed by atoms with Crippen molar-refractivity contribution in [2.45, 2.75) is 46.0 Å². The summed E-state index contributed by atoms with van der Waals surface area (Å²) >= 11 is 0. The Morgan fingerprint density at radius 3 is 2.26 bits per heavy atom. The lowest BCUT2D eigenvalue weighted by Crippen LogP contribution is -2.42. The van der Waals surface area contributed by atoms with Crippen molar-refractivity contribution in [1.82, 2.24) is 16.0 Å². The molecule has 2 amide bonds. The fourth-order valence-corrected chi connectivity index (χ4v) is 2.30. The Morgan fingerprint density at radius 2 is 1.68 bits per heavy atom. The minimum absolute atomic E-state index is 0.0283. The van der Waals surface area contributed by atoms with Crippen LogP contribution in [0.2, 0.25) is 0 Å². The lowest BCUT2D eigenvalue weighted by atomic mass is 9.81. The van der Waals surface area contributed by atoms with Gasteiger partial charge in [-0.1, -0.05) is 6.92 Å². The van der Waals surface area contributed by atoms with Crippen molar-refractivity contribution in [2.24, 2.45) is 5.41 Å². The highest BCUT2D eigenvalue weighted by Gasteiger charge is 2.26. The van der Waals surface area contributed by atoms with Crippen molar-refractivity contribution in [3.63, 3.8) is 0 Å². The molecular formula is C14H27N3O2. The summed E-state index contributed by atoms with van der Waals surface area (Å²) in [6.07, 6.45) is 3.70. The standard InChI is InChI=1S/C14H27N3O2/c1-3-16-12(18)5-4-6-13(19)17-11-14(2)7-9-15-10-8-14/h15H,3-11H2,1-2H3,(H,16,18)(H,17,19). The predicted molar refractivity (Wildman–Crippen MR) is 75.8 cm³/mol. The number of amides is 2. The Kier molecular flexibility index (Phi) is 6.84. The van der Waals surface area contributed by atoms with Crippen LogP contribution in [0, 0.1) is 5.41 Å². The monoisotopic (exact) mass is 269 g/mol. The summed E-state index contributed by atoms with van der Waals surface area (Å²) in [5.41, 5.74) is 0.223. The Balaban J connectivity index is 2.12. The number of hydrogen-bond acceptors (Lipinski definition) is 3. The maximum atomic E-state index is 11.7. The summed E-state index contributed by atoms with van der Waals surface area (Å²) in [5, 5.41) is 9.06. The van der Waals surface area contributed by atoms with Gasteiger partial charge in [0, 0.05) is 25.9 Å². The van der Waals surface area contributed by atoms with Crippen molar-refractivity contribution in [3.8, 4) is 0 Å². The lowest BCUT2D eigenvalue weighted by molar-refractivity contribution is -0.122. The minimum atomic E-state index is 0.0283. The van der Waals surface area contributed by atoms with Gasteiger partial charge in [-0.25, -0.2) is 0 Å². The van der Waals surface area contributed by atoms with Crippen LogP contribution in [-0.2, 0) is 9.59 Å². The summed E-state index contributed by atoms with van der Waals surface area (Å²) in [7, 11) is 0. The second-order valence-corrected chi connectivity index (χ2v) is 5.64. The number of nitrogens with one attached hydrogen (secondary N) is 3. The average molecular weight is 269 g/mol. The molecule has 0 aromatic rings. The molecule has 3 N–H and O–H groups in total. The molecule has 1 saturated heterocycles. The van der Waals surface area contributed by atoms with Crippen molar-refractivity contribution in [1.29, 1.82) is 0 Å². The molecule has 1 aliphatic rings. The zero-order valence-corrected chi connectivity index (χ0v) is 12.2. The molecule has 5 nitrogen and oxygen atoms in total. The minimum Gasteiger partial charge on any atom is -0.356 e. The van der Waals surface area contributed by atoms with Crippen LogP contribution in [-0.4, -0.2) is 38.0 Å². The van der Waals surface area contributed by atoms with Crippen LogP contribution >= 0.6 is 0 Å². The first-order valence-electron chi connectivity index (χ1n) is 7.30. The number of carbonyl (C=O) groups is 2. The van der Waals surface area contributed by atoms with Gasteiger partial charge in [-0.3, -0.25) is 9.59 Å². The van der Waals surface area contributed by atoms with Crippen LogP contribution in [0.3, 0.4) is 0 Å². The first-order chi connectivity index (χ1) is 9.06. The Labute approximate surface area is 115 Å². The van der Waals surface area contributed by atoms with Crippen LogP contribution in [0.15, 0.2) is 0 Å². The van der Waals surface area contributed by atoms with E-state index in [1.807, 2.05) is 6.92 Å². The van der Waals surface area contributed by atoms with Gasteiger partial charge in [0.15, 0.2) is 0 Å². The Bertz CT molecular complexity index is 299. The normalized spacial score (nSPS) is 17.8. The van der Waals surface area contributed by atoms with Crippen LogP contribution in [0.4, 0.5) is 0 Å². The molecule has 1 heterocycles. The van der Waals surface area contributed by atoms with Gasteiger partial charge in [0.05, 0.1) is 0 Å². The Morgan fingerprint density at radius 1 is 1.11 bits per heavy atom. The summed E-state index contributed by atoms with van der Waals surface area (Å²) in [4.78, 5) is 22.9. The van der Waals surface area contributed by atoms with E-state index in [0.29, 0.717) is 25.8 Å². The highest BCUT2D eigenvalue weighted by atomic mass is 16.2. The van der Waals surface area contributed by atoms with E-state index in [1.54, 1.807) is 0 Å². The number of carbonyl (C=O) groups excluding carboxylic acids is 2. The van der Waals surface area contributed by atoms with E-state index in [0.717, 1.165) is 32.5 Å². The summed E-state index contributed by atoms with van der Waals surface area (Å²) < 4.78 is 0. The van der Waals surface area contributed by atoms with Gasteiger partial charge in [-0.2, -0.15) is 0 Å². The highest BCUT2D eigenvalue weighted by Crippen LogP contribution is 2.26. The summed E-state index contributed by atoms with van der Waals surface area (Å²) in [5.74, 6) is 0.0877. The third-order valence-electron chi connectivity index (χ3n) is 3.70. The average Bonchev–Trinajstić information content (AvgIpc) is 2.38. The molecule has 0 unspecified atom stereocenters. The molecule has 0 saturated carbocycles. The van der Waals surface area contributed by atoms with Gasteiger partial charge in [0.1, 0.15) is 0 Å². The van der Waals surface area contributed by atoms with Gasteiger partial charge in [-0.15, -0.1) is 0 Å². The van der Waals surface area contributed by atoms with Gasteiger partial charge in [-0.05, 0) is 44.7 Å². The molecule has 5 heteroatoms. The van der Waals surface area contributed by atoms with Crippen molar-refractivity contribution in [3.05, 3.63) is 0 Å². The molecule has 0 aliphatic carbocycles. The first kappa shape index (κ1) is 16.0. The number of hydrogen-bond donors (Lipinski definition) is 3. The van der Waals surface area contributed by atoms with Crippen LogP contribution in [0.1, 0.15) is 46.0 Å². The van der Waals surface area contributed by atoms with E-state index in [-0.39, 0.29) is 17.2 Å². The van der Waals surface area contributed by atoms with E-state index in [4.69, 9.17) is 0 Å². The van der Waals surface area contributed by atoms with E-state index in [2.05, 4.69) is 22.9 Å². The largest absolute Gasteiger partial charge is 0.356 e. The fraction of sp³-hybridized carbons (Fsp3) is 0.857. The van der Waals surface area contributed by atoms with E-state index in [1.165, 1.54) is 0 Å². The molecule has 0 bridgehead atoms. The topological polar surface area (TPSA) is 70.2 Å². The SMILES string of the molecule is CCNC(=O)CCCC(=O)NCC1(C)CCNCC1. The highest BCUT2D eigenvalue weighted by molar-refractivity contribution is 5.78. The Hall–Kier alpha value is -1.10. The number of rotatable bonds is 7. The smallest absolute Gasteiger partial charge is 0.220 e. The third-order valence-corrected chi connectivity index (χ3v) is 3.70. The van der Waals surface area contributed by atoms with Crippen LogP contribution in [0.5, 0.6) is 0 Å². The first-order valence-corrected chi connectivity index (χ1v) is 7.30. The predicted octanol–water partition coefficient (Wildman–Crippen LogP) is 0.799. The molecule has 110 valence electrons. The zero-order chi connectivity index (χ0) is 14.1. The van der Waals surface area contributed by atoms with E-state index < -0.39 is 0 Å². The second kappa shape index (κ2) is 8.15. The van der Waals surface area contributed by atoms with Crippen LogP contribution < -0.4 is 16.0 Å². The molecular weight excluding hydrogens is 242 g/mol. The maximum Gasteiger partial charge on any atom is 0.220 e. The fourth-order valence-electron chi connectivity index (χ4n) is 2.30. The molecule has 0 radical (unpaired) electrons. The van der Waals surface area contributed by atoms with Gasteiger partial charge in [0.2, 0.25) is 11.8 Å². The molecule has 0 aromatic heterocycles. The number of piperidine rings is 1. The lowest BCUT2D eigenvalue weighted by Gasteiger charge is -2.34. The molecule has 1 aliphatic heterocycles. The van der Waals surface area contributed by atoms with Gasteiger partial charge in [0.25, 0.3) is 0 Å². The van der Waals surface area contributed by atoms with Crippen molar-refractivity contribution >= 4 is 11.8 Å². The summed E-state index contributed by atoms with van der Waals surface area (Å²) in [6.45, 7) is 7.58. The molecule has 0 spiro atoms. The molecule has 19 heavy (non-hydrogen) atoms. The zero-order valence-electron chi connectivity index (χ0n) is 12.2.